The first kappa shape index (κ1) is 19.7. The van der Waals surface area contributed by atoms with E-state index in [1.54, 1.807) is 0 Å². The molecule has 0 amide bonds. The molecule has 0 unspecified atom stereocenters. The van der Waals surface area contributed by atoms with Crippen LogP contribution in [0.25, 0.3) is 16.7 Å². The molecular formula is C25H30N2O2. The molecule has 0 fully saturated rings. The van der Waals surface area contributed by atoms with Gasteiger partial charge in [0, 0.05) is 5.69 Å². The number of hydrogen-bond donors (Lipinski definition) is 0. The zero-order valence-electron chi connectivity index (χ0n) is 18.3. The second-order valence-electron chi connectivity index (χ2n) is 9.42. The summed E-state index contributed by atoms with van der Waals surface area (Å²) in [6, 6.07) is 12.4. The molecule has 1 aliphatic carbocycles. The molecule has 4 rings (SSSR count). The monoisotopic (exact) mass is 390 g/mol. The minimum Gasteiger partial charge on any atom is -0.462 e. The Morgan fingerprint density at radius 2 is 1.72 bits per heavy atom. The molecule has 0 bridgehead atoms. The summed E-state index contributed by atoms with van der Waals surface area (Å²) >= 11 is 0. The largest absolute Gasteiger partial charge is 0.462 e. The molecular weight excluding hydrogens is 360 g/mol. The summed E-state index contributed by atoms with van der Waals surface area (Å²) in [6.45, 7) is 13.6. The fourth-order valence-electron chi connectivity index (χ4n) is 4.58. The molecule has 0 atom stereocenters. The number of hydrogen-bond acceptors (Lipinski definition) is 3. The minimum absolute atomic E-state index is 0.155. The van der Waals surface area contributed by atoms with Gasteiger partial charge in [0.2, 0.25) is 0 Å². The van der Waals surface area contributed by atoms with Crippen LogP contribution in [0.4, 0.5) is 0 Å². The number of carbonyl (C=O) groups is 1. The van der Waals surface area contributed by atoms with Crippen molar-refractivity contribution in [1.82, 2.24) is 9.55 Å². The smallest absolute Gasteiger partial charge is 0.338 e. The Bertz CT molecular complexity index is 1110. The van der Waals surface area contributed by atoms with Gasteiger partial charge in [-0.2, -0.15) is 0 Å². The lowest BCUT2D eigenvalue weighted by molar-refractivity contribution is 0.0526. The molecule has 152 valence electrons. The first-order chi connectivity index (χ1) is 13.6. The maximum absolute atomic E-state index is 12.1. The van der Waals surface area contributed by atoms with Crippen molar-refractivity contribution in [2.45, 2.75) is 65.2 Å². The lowest BCUT2D eigenvalue weighted by Crippen LogP contribution is -2.33. The van der Waals surface area contributed by atoms with Crippen LogP contribution < -0.4 is 0 Å². The third kappa shape index (κ3) is 3.25. The summed E-state index contributed by atoms with van der Waals surface area (Å²) < 4.78 is 7.31. The Kier molecular flexibility index (Phi) is 4.56. The van der Waals surface area contributed by atoms with Gasteiger partial charge < -0.3 is 4.74 Å². The summed E-state index contributed by atoms with van der Waals surface area (Å²) in [4.78, 5) is 16.8. The Morgan fingerprint density at radius 1 is 1.03 bits per heavy atom. The third-order valence-corrected chi connectivity index (χ3v) is 6.43. The van der Waals surface area contributed by atoms with Crippen LogP contribution in [-0.4, -0.2) is 22.1 Å². The van der Waals surface area contributed by atoms with Gasteiger partial charge in [0.15, 0.2) is 0 Å². The number of nitrogens with zero attached hydrogens (tertiary/aromatic N) is 2. The van der Waals surface area contributed by atoms with Crippen LogP contribution in [0.5, 0.6) is 0 Å². The lowest BCUT2D eigenvalue weighted by atomic mass is 9.63. The molecule has 4 nitrogen and oxygen atoms in total. The van der Waals surface area contributed by atoms with Gasteiger partial charge in [0.1, 0.15) is 5.82 Å². The van der Waals surface area contributed by atoms with Gasteiger partial charge in [-0.3, -0.25) is 4.57 Å². The fourth-order valence-corrected chi connectivity index (χ4v) is 4.58. The van der Waals surface area contributed by atoms with Gasteiger partial charge in [-0.25, -0.2) is 9.78 Å². The minimum atomic E-state index is -0.306. The van der Waals surface area contributed by atoms with E-state index in [1.165, 1.54) is 24.0 Å². The molecule has 1 heterocycles. The van der Waals surface area contributed by atoms with Gasteiger partial charge in [-0.15, -0.1) is 0 Å². The maximum Gasteiger partial charge on any atom is 0.338 e. The summed E-state index contributed by atoms with van der Waals surface area (Å²) in [7, 11) is 0. The normalized spacial score (nSPS) is 17.2. The molecule has 0 spiro atoms. The number of fused-ring (bicyclic) bond motifs is 2. The van der Waals surface area contributed by atoms with Crippen LogP contribution in [-0.2, 0) is 15.6 Å². The number of esters is 1. The van der Waals surface area contributed by atoms with Crippen molar-refractivity contribution in [3.63, 3.8) is 0 Å². The van der Waals surface area contributed by atoms with Crippen molar-refractivity contribution in [3.05, 3.63) is 58.9 Å². The van der Waals surface area contributed by atoms with Crippen LogP contribution in [0, 0.1) is 6.92 Å². The predicted molar refractivity (Wildman–Crippen MR) is 117 cm³/mol. The number of imidazole rings is 1. The van der Waals surface area contributed by atoms with Crippen LogP contribution >= 0.6 is 0 Å². The van der Waals surface area contributed by atoms with Crippen molar-refractivity contribution >= 4 is 17.0 Å². The number of aromatic nitrogens is 2. The van der Waals surface area contributed by atoms with Crippen molar-refractivity contribution in [2.75, 3.05) is 6.61 Å². The van der Waals surface area contributed by atoms with E-state index in [1.807, 2.05) is 32.0 Å². The van der Waals surface area contributed by atoms with Crippen LogP contribution in [0.2, 0.25) is 0 Å². The van der Waals surface area contributed by atoms with E-state index in [4.69, 9.17) is 9.72 Å². The Hall–Kier alpha value is -2.62. The second-order valence-corrected chi connectivity index (χ2v) is 9.42. The molecule has 0 radical (unpaired) electrons. The average molecular weight is 391 g/mol. The topological polar surface area (TPSA) is 44.1 Å². The number of ether oxygens (including phenoxy) is 1. The van der Waals surface area contributed by atoms with Crippen LogP contribution in [0.15, 0.2) is 36.4 Å². The third-order valence-electron chi connectivity index (χ3n) is 6.43. The van der Waals surface area contributed by atoms with Crippen LogP contribution in [0.1, 0.15) is 74.8 Å². The molecule has 2 aromatic carbocycles. The molecule has 4 heteroatoms. The highest BCUT2D eigenvalue weighted by atomic mass is 16.5. The first-order valence-electron chi connectivity index (χ1n) is 10.5. The highest BCUT2D eigenvalue weighted by Crippen LogP contribution is 2.46. The number of carbonyl (C=O) groups excluding carboxylic acids is 1. The molecule has 29 heavy (non-hydrogen) atoms. The van der Waals surface area contributed by atoms with E-state index in [-0.39, 0.29) is 16.8 Å². The number of benzene rings is 2. The quantitative estimate of drug-likeness (QED) is 0.526. The van der Waals surface area contributed by atoms with Gasteiger partial charge in [-0.05, 0) is 79.0 Å². The number of rotatable bonds is 3. The highest BCUT2D eigenvalue weighted by Gasteiger charge is 2.37. The summed E-state index contributed by atoms with van der Waals surface area (Å²) in [5.74, 6) is 0.605. The zero-order chi connectivity index (χ0) is 21.0. The van der Waals surface area contributed by atoms with Crippen molar-refractivity contribution in [3.8, 4) is 5.69 Å². The van der Waals surface area contributed by atoms with Gasteiger partial charge in [-0.1, -0.05) is 33.8 Å². The van der Waals surface area contributed by atoms with E-state index in [9.17, 15) is 4.79 Å². The first-order valence-corrected chi connectivity index (χ1v) is 10.5. The van der Waals surface area contributed by atoms with Crippen molar-refractivity contribution in [2.24, 2.45) is 0 Å². The molecule has 0 aliphatic heterocycles. The maximum atomic E-state index is 12.1. The standard InChI is InChI=1S/C25H30N2O2/c1-7-29-23(28)17-8-11-22-21(14-17)26-16(2)27(22)18-9-10-19-20(15-18)25(5,6)13-12-24(19,3)4/h8-11,14-15H,7,12-13H2,1-6H3. The van der Waals surface area contributed by atoms with Gasteiger partial charge in [0.25, 0.3) is 0 Å². The molecule has 3 aromatic rings. The van der Waals surface area contributed by atoms with Crippen LogP contribution in [0.3, 0.4) is 0 Å². The molecule has 0 N–H and O–H groups in total. The SMILES string of the molecule is CCOC(=O)c1ccc2c(c1)nc(C)n2-c1ccc2c(c1)C(C)(C)CCC2(C)C. The zero-order valence-corrected chi connectivity index (χ0v) is 18.3. The van der Waals surface area contributed by atoms with Crippen molar-refractivity contribution < 1.29 is 9.53 Å². The second kappa shape index (κ2) is 6.72. The van der Waals surface area contributed by atoms with Gasteiger partial charge >= 0.3 is 5.97 Å². The van der Waals surface area contributed by atoms with E-state index < -0.39 is 0 Å². The Labute approximate surface area is 172 Å². The fraction of sp³-hybridized carbons (Fsp3) is 0.440. The van der Waals surface area contributed by atoms with E-state index in [2.05, 4.69) is 50.5 Å². The molecule has 0 saturated carbocycles. The lowest BCUT2D eigenvalue weighted by Gasteiger charge is -2.42. The Balaban J connectivity index is 1.85. The molecule has 1 aromatic heterocycles. The summed E-state index contributed by atoms with van der Waals surface area (Å²) in [5.41, 5.74) is 6.70. The van der Waals surface area contributed by atoms with Gasteiger partial charge in [0.05, 0.1) is 23.2 Å². The van der Waals surface area contributed by atoms with Crippen molar-refractivity contribution in [1.29, 1.82) is 0 Å². The molecule has 1 aliphatic rings. The van der Waals surface area contributed by atoms with E-state index in [0.717, 1.165) is 22.5 Å². The molecule has 0 saturated heterocycles. The number of aryl methyl sites for hydroxylation is 1. The summed E-state index contributed by atoms with van der Waals surface area (Å²) in [5, 5.41) is 0. The van der Waals surface area contributed by atoms with E-state index >= 15 is 0 Å². The Morgan fingerprint density at radius 3 is 2.41 bits per heavy atom. The average Bonchev–Trinajstić information content (AvgIpc) is 3.00. The van der Waals surface area contributed by atoms with E-state index in [0.29, 0.717) is 12.2 Å². The predicted octanol–water partition coefficient (Wildman–Crippen LogP) is 5.86. The highest BCUT2D eigenvalue weighted by molar-refractivity contribution is 5.94. The summed E-state index contributed by atoms with van der Waals surface area (Å²) in [6.07, 6.45) is 2.39.